The fourth-order valence-corrected chi connectivity index (χ4v) is 3.16. The lowest BCUT2D eigenvalue weighted by Gasteiger charge is -2.16. The van der Waals surface area contributed by atoms with Crippen molar-refractivity contribution < 1.29 is 24.0 Å². The van der Waals surface area contributed by atoms with E-state index < -0.39 is 23.4 Å². The second-order valence-electron chi connectivity index (χ2n) is 6.58. The normalized spacial score (nSPS) is 11.5. The molecule has 0 unspecified atom stereocenters. The number of methoxy groups -OCH3 is 1. The smallest absolute Gasteiger partial charge is 0.338 e. The van der Waals surface area contributed by atoms with Gasteiger partial charge in [0.15, 0.2) is 12.4 Å². The molecule has 0 aromatic heterocycles. The van der Waals surface area contributed by atoms with Gasteiger partial charge in [-0.05, 0) is 35.4 Å². The van der Waals surface area contributed by atoms with E-state index in [9.17, 15) is 19.7 Å². The third kappa shape index (κ3) is 4.54. The second-order valence-corrected chi connectivity index (χ2v) is 6.58. The molecule has 3 aromatic carbocycles. The average molecular weight is 408 g/mol. The number of carbonyl (C=O) groups is 2. The first-order valence-corrected chi connectivity index (χ1v) is 9.17. The maximum Gasteiger partial charge on any atom is 0.338 e. The van der Waals surface area contributed by atoms with Crippen LogP contribution in [0.4, 0.5) is 5.69 Å². The van der Waals surface area contributed by atoms with Gasteiger partial charge in [0, 0.05) is 6.07 Å². The summed E-state index contributed by atoms with van der Waals surface area (Å²) >= 11 is 0. The van der Waals surface area contributed by atoms with Crippen LogP contribution in [-0.2, 0) is 9.53 Å². The zero-order valence-electron chi connectivity index (χ0n) is 16.5. The number of fused-ring (bicyclic) bond motifs is 1. The monoisotopic (exact) mass is 408 g/mol. The molecule has 0 saturated carbocycles. The van der Waals surface area contributed by atoms with E-state index in [1.807, 2.05) is 49.4 Å². The van der Waals surface area contributed by atoms with Crippen LogP contribution in [0.1, 0.15) is 28.9 Å². The summed E-state index contributed by atoms with van der Waals surface area (Å²) in [5.41, 5.74) is 0.539. The molecule has 1 amide bonds. The number of nitro groups is 1. The molecule has 0 bridgehead atoms. The molecule has 154 valence electrons. The molecule has 3 rings (SSSR count). The van der Waals surface area contributed by atoms with Crippen LogP contribution < -0.4 is 10.1 Å². The summed E-state index contributed by atoms with van der Waals surface area (Å²) in [7, 11) is 1.29. The van der Waals surface area contributed by atoms with E-state index in [-0.39, 0.29) is 23.0 Å². The molecule has 0 radical (unpaired) electrons. The molecule has 0 fully saturated rings. The van der Waals surface area contributed by atoms with Gasteiger partial charge in [-0.25, -0.2) is 4.79 Å². The number of esters is 1. The van der Waals surface area contributed by atoms with Gasteiger partial charge in [0.2, 0.25) is 0 Å². The Balaban J connectivity index is 1.63. The van der Waals surface area contributed by atoms with Crippen molar-refractivity contribution in [3.05, 3.63) is 81.9 Å². The zero-order valence-corrected chi connectivity index (χ0v) is 16.5. The Morgan fingerprint density at radius 1 is 1.10 bits per heavy atom. The second kappa shape index (κ2) is 9.04. The highest BCUT2D eigenvalue weighted by atomic mass is 16.6. The van der Waals surface area contributed by atoms with Crippen LogP contribution in [0, 0.1) is 10.1 Å². The van der Waals surface area contributed by atoms with Crippen LogP contribution in [0.2, 0.25) is 0 Å². The molecule has 1 N–H and O–H groups in total. The number of carbonyl (C=O) groups excluding carboxylic acids is 2. The van der Waals surface area contributed by atoms with Crippen molar-refractivity contribution >= 4 is 28.3 Å². The summed E-state index contributed by atoms with van der Waals surface area (Å²) in [6.45, 7) is 1.34. The molecule has 0 aliphatic heterocycles. The van der Waals surface area contributed by atoms with Gasteiger partial charge in [-0.3, -0.25) is 14.9 Å². The van der Waals surface area contributed by atoms with E-state index in [1.165, 1.54) is 19.2 Å². The van der Waals surface area contributed by atoms with Crippen molar-refractivity contribution in [2.45, 2.75) is 13.0 Å². The number of amides is 1. The van der Waals surface area contributed by atoms with Gasteiger partial charge >= 0.3 is 11.7 Å². The zero-order chi connectivity index (χ0) is 21.7. The quantitative estimate of drug-likeness (QED) is 0.362. The van der Waals surface area contributed by atoms with Crippen molar-refractivity contribution in [2.75, 3.05) is 13.7 Å². The first-order valence-electron chi connectivity index (χ1n) is 9.17. The summed E-state index contributed by atoms with van der Waals surface area (Å²) in [5, 5.41) is 16.0. The third-order valence-electron chi connectivity index (χ3n) is 4.61. The minimum atomic E-state index is -0.839. The van der Waals surface area contributed by atoms with Crippen LogP contribution in [0.5, 0.6) is 5.75 Å². The van der Waals surface area contributed by atoms with Crippen molar-refractivity contribution in [3.63, 3.8) is 0 Å². The van der Waals surface area contributed by atoms with E-state index in [0.29, 0.717) is 0 Å². The van der Waals surface area contributed by atoms with E-state index in [1.54, 1.807) is 0 Å². The molecule has 0 aliphatic rings. The highest BCUT2D eigenvalue weighted by molar-refractivity contribution is 5.92. The molecule has 3 aromatic rings. The average Bonchev–Trinajstić information content (AvgIpc) is 2.76. The topological polar surface area (TPSA) is 108 Å². The number of rotatable bonds is 7. The number of nitrogens with zero attached hydrogens (tertiary/aromatic N) is 1. The Kier molecular flexibility index (Phi) is 6.26. The van der Waals surface area contributed by atoms with Gasteiger partial charge in [0.25, 0.3) is 5.91 Å². The highest BCUT2D eigenvalue weighted by Crippen LogP contribution is 2.28. The molecule has 0 saturated heterocycles. The molecular formula is C22H20N2O6. The lowest BCUT2D eigenvalue weighted by Crippen LogP contribution is -2.31. The van der Waals surface area contributed by atoms with Gasteiger partial charge in [-0.1, -0.05) is 42.5 Å². The number of benzene rings is 3. The fraction of sp³-hybridized carbons (Fsp3) is 0.182. The number of nitro benzene ring substituents is 1. The molecule has 0 aliphatic carbocycles. The Bertz CT molecular complexity index is 1110. The molecule has 8 nitrogen and oxygen atoms in total. The van der Waals surface area contributed by atoms with Crippen LogP contribution in [0.15, 0.2) is 60.7 Å². The molecule has 30 heavy (non-hydrogen) atoms. The van der Waals surface area contributed by atoms with Crippen LogP contribution in [-0.4, -0.2) is 30.5 Å². The SMILES string of the molecule is COc1ccc(C(=O)OCC(=O)N[C@H](C)c2cccc3ccccc23)cc1[N+](=O)[O-]. The van der Waals surface area contributed by atoms with Gasteiger partial charge in [0.05, 0.1) is 23.6 Å². The Morgan fingerprint density at radius 3 is 2.57 bits per heavy atom. The van der Waals surface area contributed by atoms with Crippen molar-refractivity contribution in [1.82, 2.24) is 5.32 Å². The number of ether oxygens (including phenoxy) is 2. The lowest BCUT2D eigenvalue weighted by atomic mass is 10.00. The molecule has 1 atom stereocenters. The maximum absolute atomic E-state index is 12.3. The van der Waals surface area contributed by atoms with Crippen LogP contribution >= 0.6 is 0 Å². The van der Waals surface area contributed by atoms with E-state index in [2.05, 4.69) is 5.32 Å². The standard InChI is InChI=1S/C22H20N2O6/c1-14(17-9-5-7-15-6-3-4-8-18(15)17)23-21(25)13-30-22(26)16-10-11-20(29-2)19(12-16)24(27)28/h3-12,14H,13H2,1-2H3,(H,23,25)/t14-/m1/s1. The van der Waals surface area contributed by atoms with Crippen LogP contribution in [0.25, 0.3) is 10.8 Å². The molecular weight excluding hydrogens is 388 g/mol. The Labute approximate surface area is 172 Å². The van der Waals surface area contributed by atoms with Gasteiger partial charge in [-0.15, -0.1) is 0 Å². The summed E-state index contributed by atoms with van der Waals surface area (Å²) in [6, 6.07) is 17.1. The summed E-state index contributed by atoms with van der Waals surface area (Å²) in [5.74, 6) is -1.29. The Morgan fingerprint density at radius 2 is 1.83 bits per heavy atom. The van der Waals surface area contributed by atoms with E-state index in [0.717, 1.165) is 22.4 Å². The summed E-state index contributed by atoms with van der Waals surface area (Å²) < 4.78 is 9.91. The maximum atomic E-state index is 12.3. The summed E-state index contributed by atoms with van der Waals surface area (Å²) in [6.07, 6.45) is 0. The number of hydrogen-bond acceptors (Lipinski definition) is 6. The van der Waals surface area contributed by atoms with E-state index >= 15 is 0 Å². The largest absolute Gasteiger partial charge is 0.490 e. The van der Waals surface area contributed by atoms with Gasteiger partial charge in [-0.2, -0.15) is 0 Å². The van der Waals surface area contributed by atoms with Crippen molar-refractivity contribution in [2.24, 2.45) is 0 Å². The van der Waals surface area contributed by atoms with Crippen molar-refractivity contribution in [3.8, 4) is 5.75 Å². The fourth-order valence-electron chi connectivity index (χ4n) is 3.16. The summed E-state index contributed by atoms with van der Waals surface area (Å²) in [4.78, 5) is 34.9. The molecule has 8 heteroatoms. The number of nitrogens with one attached hydrogen (secondary N) is 1. The first kappa shape index (κ1) is 20.8. The predicted octanol–water partition coefficient (Wildman–Crippen LogP) is 3.79. The van der Waals surface area contributed by atoms with Gasteiger partial charge < -0.3 is 14.8 Å². The molecule has 0 spiro atoms. The van der Waals surface area contributed by atoms with Crippen LogP contribution in [0.3, 0.4) is 0 Å². The first-order chi connectivity index (χ1) is 14.4. The third-order valence-corrected chi connectivity index (χ3v) is 4.61. The highest BCUT2D eigenvalue weighted by Gasteiger charge is 2.20. The van der Waals surface area contributed by atoms with Gasteiger partial charge in [0.1, 0.15) is 0 Å². The predicted molar refractivity (Wildman–Crippen MR) is 110 cm³/mol. The Hall–Kier alpha value is -3.94. The molecule has 0 heterocycles. The lowest BCUT2D eigenvalue weighted by molar-refractivity contribution is -0.385. The number of hydrogen-bond donors (Lipinski definition) is 1. The van der Waals surface area contributed by atoms with Crippen molar-refractivity contribution in [1.29, 1.82) is 0 Å². The van der Waals surface area contributed by atoms with E-state index in [4.69, 9.17) is 9.47 Å². The minimum Gasteiger partial charge on any atom is -0.490 e. The minimum absolute atomic E-state index is 0.0261.